The maximum absolute atomic E-state index is 12.9. The monoisotopic (exact) mass is 231 g/mol. The lowest BCUT2D eigenvalue weighted by Crippen LogP contribution is -2.30. The molecule has 0 saturated carbocycles. The summed E-state index contributed by atoms with van der Waals surface area (Å²) in [6.45, 7) is 1.97. The molecule has 4 heteroatoms. The molecule has 1 heterocycles. The predicted molar refractivity (Wildman–Crippen MR) is 64.5 cm³/mol. The Bertz CT molecular complexity index is 496. The second kappa shape index (κ2) is 5.03. The number of hydrazine groups is 1. The van der Waals surface area contributed by atoms with Crippen LogP contribution < -0.4 is 11.3 Å². The standard InChI is InChI=1S/C13H14FN3/c1-9-3-2-8-16-12(9)13(17-15)10-4-6-11(14)7-5-10/h2-8,13,17H,15H2,1H3. The zero-order chi connectivity index (χ0) is 12.3. The highest BCUT2D eigenvalue weighted by Crippen LogP contribution is 2.22. The summed E-state index contributed by atoms with van der Waals surface area (Å²) in [6.07, 6.45) is 1.72. The molecule has 0 aliphatic heterocycles. The van der Waals surface area contributed by atoms with Crippen molar-refractivity contribution in [2.75, 3.05) is 0 Å². The summed E-state index contributed by atoms with van der Waals surface area (Å²) in [4.78, 5) is 4.31. The first-order valence-electron chi connectivity index (χ1n) is 5.35. The minimum absolute atomic E-state index is 0.225. The van der Waals surface area contributed by atoms with Gasteiger partial charge in [-0.3, -0.25) is 10.8 Å². The SMILES string of the molecule is Cc1cccnc1C(NN)c1ccc(F)cc1. The van der Waals surface area contributed by atoms with Gasteiger partial charge in [0.05, 0.1) is 11.7 Å². The van der Waals surface area contributed by atoms with E-state index in [1.807, 2.05) is 19.1 Å². The van der Waals surface area contributed by atoms with Crippen LogP contribution in [0, 0.1) is 12.7 Å². The molecule has 0 fully saturated rings. The fraction of sp³-hybridized carbons (Fsp3) is 0.154. The molecule has 0 saturated heterocycles. The third-order valence-corrected chi connectivity index (χ3v) is 2.69. The van der Waals surface area contributed by atoms with Crippen LogP contribution in [0.2, 0.25) is 0 Å². The molecule has 1 unspecified atom stereocenters. The number of hydrogen-bond acceptors (Lipinski definition) is 3. The number of pyridine rings is 1. The number of aryl methyl sites for hydroxylation is 1. The van der Waals surface area contributed by atoms with Gasteiger partial charge in [-0.2, -0.15) is 0 Å². The van der Waals surface area contributed by atoms with Crippen LogP contribution in [0.4, 0.5) is 4.39 Å². The normalized spacial score (nSPS) is 12.4. The lowest BCUT2D eigenvalue weighted by molar-refractivity contribution is 0.606. The van der Waals surface area contributed by atoms with Crippen molar-refractivity contribution in [3.05, 3.63) is 65.2 Å². The Morgan fingerprint density at radius 2 is 1.94 bits per heavy atom. The molecule has 1 aromatic carbocycles. The van der Waals surface area contributed by atoms with Crippen molar-refractivity contribution >= 4 is 0 Å². The van der Waals surface area contributed by atoms with Crippen molar-refractivity contribution in [2.45, 2.75) is 13.0 Å². The molecule has 0 amide bonds. The number of benzene rings is 1. The van der Waals surface area contributed by atoms with Gasteiger partial charge in [-0.1, -0.05) is 18.2 Å². The Balaban J connectivity index is 2.40. The van der Waals surface area contributed by atoms with Crippen LogP contribution in [0.1, 0.15) is 22.9 Å². The van der Waals surface area contributed by atoms with Crippen LogP contribution >= 0.6 is 0 Å². The van der Waals surface area contributed by atoms with Gasteiger partial charge in [0.1, 0.15) is 5.82 Å². The Kier molecular flexibility index (Phi) is 3.46. The number of nitrogens with zero attached hydrogens (tertiary/aromatic N) is 1. The van der Waals surface area contributed by atoms with Crippen molar-refractivity contribution in [3.63, 3.8) is 0 Å². The van der Waals surface area contributed by atoms with E-state index >= 15 is 0 Å². The van der Waals surface area contributed by atoms with E-state index in [0.717, 1.165) is 16.8 Å². The summed E-state index contributed by atoms with van der Waals surface area (Å²) in [5.41, 5.74) is 5.49. The van der Waals surface area contributed by atoms with E-state index in [4.69, 9.17) is 5.84 Å². The summed E-state index contributed by atoms with van der Waals surface area (Å²) < 4.78 is 12.9. The number of halogens is 1. The van der Waals surface area contributed by atoms with Gasteiger partial charge in [-0.05, 0) is 36.2 Å². The van der Waals surface area contributed by atoms with Gasteiger partial charge in [-0.15, -0.1) is 0 Å². The Labute approximate surface area is 99.5 Å². The number of hydrogen-bond donors (Lipinski definition) is 2. The average Bonchev–Trinajstić information content (AvgIpc) is 2.35. The van der Waals surface area contributed by atoms with E-state index < -0.39 is 0 Å². The van der Waals surface area contributed by atoms with E-state index in [2.05, 4.69) is 10.4 Å². The third-order valence-electron chi connectivity index (χ3n) is 2.69. The van der Waals surface area contributed by atoms with E-state index in [0.29, 0.717) is 0 Å². The van der Waals surface area contributed by atoms with Gasteiger partial charge in [0, 0.05) is 6.20 Å². The fourth-order valence-corrected chi connectivity index (χ4v) is 1.79. The highest BCUT2D eigenvalue weighted by Gasteiger charge is 2.15. The molecule has 0 radical (unpaired) electrons. The molecule has 1 aromatic heterocycles. The molecule has 17 heavy (non-hydrogen) atoms. The lowest BCUT2D eigenvalue weighted by Gasteiger charge is -2.17. The van der Waals surface area contributed by atoms with E-state index in [1.54, 1.807) is 18.3 Å². The first kappa shape index (κ1) is 11.7. The average molecular weight is 231 g/mol. The molecule has 88 valence electrons. The van der Waals surface area contributed by atoms with Crippen LogP contribution in [-0.2, 0) is 0 Å². The summed E-state index contributed by atoms with van der Waals surface area (Å²) in [7, 11) is 0. The van der Waals surface area contributed by atoms with Crippen LogP contribution in [0.15, 0.2) is 42.6 Å². The zero-order valence-electron chi connectivity index (χ0n) is 9.52. The molecule has 0 bridgehead atoms. The summed E-state index contributed by atoms with van der Waals surface area (Å²) >= 11 is 0. The van der Waals surface area contributed by atoms with Crippen molar-refractivity contribution in [3.8, 4) is 0 Å². The number of aromatic nitrogens is 1. The maximum atomic E-state index is 12.9. The van der Waals surface area contributed by atoms with Gasteiger partial charge in [0.25, 0.3) is 0 Å². The molecular weight excluding hydrogens is 217 g/mol. The molecule has 0 aliphatic rings. The number of nitrogens with two attached hydrogens (primary N) is 1. The van der Waals surface area contributed by atoms with Crippen molar-refractivity contribution in [1.82, 2.24) is 10.4 Å². The molecule has 2 rings (SSSR count). The summed E-state index contributed by atoms with van der Waals surface area (Å²) in [6, 6.07) is 9.85. The predicted octanol–water partition coefficient (Wildman–Crippen LogP) is 2.08. The Hall–Kier alpha value is -1.78. The van der Waals surface area contributed by atoms with Crippen LogP contribution in [0.5, 0.6) is 0 Å². The maximum Gasteiger partial charge on any atom is 0.123 e. The minimum Gasteiger partial charge on any atom is -0.271 e. The second-order valence-electron chi connectivity index (χ2n) is 3.86. The van der Waals surface area contributed by atoms with E-state index in [9.17, 15) is 4.39 Å². The van der Waals surface area contributed by atoms with Crippen molar-refractivity contribution < 1.29 is 4.39 Å². The van der Waals surface area contributed by atoms with Crippen molar-refractivity contribution in [1.29, 1.82) is 0 Å². The highest BCUT2D eigenvalue weighted by atomic mass is 19.1. The Morgan fingerprint density at radius 3 is 2.53 bits per heavy atom. The third kappa shape index (κ3) is 2.49. The minimum atomic E-state index is -0.262. The Morgan fingerprint density at radius 1 is 1.24 bits per heavy atom. The van der Waals surface area contributed by atoms with Crippen LogP contribution in [0.25, 0.3) is 0 Å². The smallest absolute Gasteiger partial charge is 0.123 e. The largest absolute Gasteiger partial charge is 0.271 e. The molecule has 2 aromatic rings. The molecule has 3 N–H and O–H groups in total. The first-order chi connectivity index (χ1) is 8.22. The zero-order valence-corrected chi connectivity index (χ0v) is 9.52. The molecule has 0 aliphatic carbocycles. The van der Waals surface area contributed by atoms with E-state index in [1.165, 1.54) is 12.1 Å². The van der Waals surface area contributed by atoms with Crippen molar-refractivity contribution in [2.24, 2.45) is 5.84 Å². The molecule has 3 nitrogen and oxygen atoms in total. The number of rotatable bonds is 3. The molecular formula is C13H14FN3. The van der Waals surface area contributed by atoms with Gasteiger partial charge in [-0.25, -0.2) is 9.82 Å². The lowest BCUT2D eigenvalue weighted by atomic mass is 10.0. The van der Waals surface area contributed by atoms with Crippen LogP contribution in [0.3, 0.4) is 0 Å². The van der Waals surface area contributed by atoms with Gasteiger partial charge < -0.3 is 0 Å². The summed E-state index contributed by atoms with van der Waals surface area (Å²) in [5, 5.41) is 0. The van der Waals surface area contributed by atoms with Crippen LogP contribution in [-0.4, -0.2) is 4.98 Å². The second-order valence-corrected chi connectivity index (χ2v) is 3.86. The quantitative estimate of drug-likeness (QED) is 0.628. The summed E-state index contributed by atoms with van der Waals surface area (Å²) in [5.74, 6) is 5.30. The number of nitrogens with one attached hydrogen (secondary N) is 1. The fourth-order valence-electron chi connectivity index (χ4n) is 1.79. The molecule has 0 spiro atoms. The first-order valence-corrected chi connectivity index (χ1v) is 5.35. The van der Waals surface area contributed by atoms with E-state index in [-0.39, 0.29) is 11.9 Å². The molecule has 1 atom stereocenters. The highest BCUT2D eigenvalue weighted by molar-refractivity contribution is 5.31. The van der Waals surface area contributed by atoms with Gasteiger partial charge >= 0.3 is 0 Å². The topological polar surface area (TPSA) is 50.9 Å². The van der Waals surface area contributed by atoms with Gasteiger partial charge in [0.2, 0.25) is 0 Å². The van der Waals surface area contributed by atoms with Gasteiger partial charge in [0.15, 0.2) is 0 Å².